The summed E-state index contributed by atoms with van der Waals surface area (Å²) < 4.78 is 0. The van der Waals surface area contributed by atoms with E-state index in [-0.39, 0.29) is 0 Å². The lowest BCUT2D eigenvalue weighted by Crippen LogP contribution is -2.22. The summed E-state index contributed by atoms with van der Waals surface area (Å²) in [4.78, 5) is 0. The number of aliphatic hydroxyl groups excluding tert-OH is 2. The maximum atomic E-state index is 8.73. The van der Waals surface area contributed by atoms with E-state index in [4.69, 9.17) is 10.2 Å². The second kappa shape index (κ2) is 6.13. The van der Waals surface area contributed by atoms with Crippen molar-refractivity contribution < 1.29 is 10.2 Å². The van der Waals surface area contributed by atoms with E-state index in [0.29, 0.717) is 23.7 Å². The van der Waals surface area contributed by atoms with Gasteiger partial charge < -0.3 is 10.2 Å². The topological polar surface area (TPSA) is 40.5 Å². The fourth-order valence-corrected chi connectivity index (χ4v) is 4.30. The first-order valence-corrected chi connectivity index (χ1v) is 6.41. The smallest absolute Gasteiger partial charge is 0.0441 e. The van der Waals surface area contributed by atoms with Gasteiger partial charge in [0.2, 0.25) is 0 Å². The number of rotatable bonds is 4. The number of hydrogen-bond acceptors (Lipinski definition) is 4. The van der Waals surface area contributed by atoms with Crippen molar-refractivity contribution in [2.75, 3.05) is 24.7 Å². The van der Waals surface area contributed by atoms with E-state index >= 15 is 0 Å². The summed E-state index contributed by atoms with van der Waals surface area (Å²) in [6, 6.07) is 0. The Hall–Kier alpha value is 0.620. The van der Waals surface area contributed by atoms with Crippen LogP contribution in [0, 0.1) is 0 Å². The fraction of sp³-hybridized carbons (Fsp3) is 1.00. The zero-order valence-corrected chi connectivity index (χ0v) is 8.74. The Morgan fingerprint density at radius 3 is 1.58 bits per heavy atom. The summed E-state index contributed by atoms with van der Waals surface area (Å²) in [5.74, 6) is 2.27. The van der Waals surface area contributed by atoms with Crippen LogP contribution in [0.5, 0.6) is 0 Å². The van der Waals surface area contributed by atoms with Crippen molar-refractivity contribution in [1.29, 1.82) is 0 Å². The Balaban J connectivity index is 2.11. The van der Waals surface area contributed by atoms with E-state index in [1.165, 1.54) is 0 Å². The van der Waals surface area contributed by atoms with E-state index in [1.54, 1.807) is 0 Å². The number of hydrogen-bond donors (Lipinski definition) is 2. The molecule has 1 rings (SSSR count). The molecule has 1 fully saturated rings. The van der Waals surface area contributed by atoms with Crippen molar-refractivity contribution in [2.24, 2.45) is 0 Å². The quantitative estimate of drug-likeness (QED) is 0.722. The molecule has 12 heavy (non-hydrogen) atoms. The third kappa shape index (κ3) is 3.56. The number of aliphatic hydroxyl groups is 2. The van der Waals surface area contributed by atoms with Crippen LogP contribution in [0.1, 0.15) is 12.8 Å². The molecule has 1 saturated heterocycles. The maximum Gasteiger partial charge on any atom is 0.0441 e. The van der Waals surface area contributed by atoms with Crippen LogP contribution >= 0.6 is 23.5 Å². The van der Waals surface area contributed by atoms with Crippen LogP contribution in [-0.2, 0) is 0 Å². The van der Waals surface area contributed by atoms with Crippen molar-refractivity contribution in [3.63, 3.8) is 0 Å². The molecular weight excluding hydrogens is 192 g/mol. The predicted molar refractivity (Wildman–Crippen MR) is 55.9 cm³/mol. The van der Waals surface area contributed by atoms with Gasteiger partial charge in [-0.05, 0) is 12.8 Å². The standard InChI is InChI=1S/C8H16O2S2/c9-3-1-7-5-12-8(2-4-10)6-11-7/h7-10H,1-6H2. The van der Waals surface area contributed by atoms with Crippen molar-refractivity contribution in [3.05, 3.63) is 0 Å². The van der Waals surface area contributed by atoms with Gasteiger partial charge in [0.1, 0.15) is 0 Å². The normalized spacial score (nSPS) is 30.5. The van der Waals surface area contributed by atoms with Crippen molar-refractivity contribution in [1.82, 2.24) is 0 Å². The van der Waals surface area contributed by atoms with Crippen molar-refractivity contribution in [3.8, 4) is 0 Å². The Kier molecular flexibility index (Phi) is 5.47. The molecule has 2 nitrogen and oxygen atoms in total. The third-order valence-corrected chi connectivity index (χ3v) is 5.30. The molecule has 2 atom stereocenters. The lowest BCUT2D eigenvalue weighted by Gasteiger charge is -2.26. The minimum absolute atomic E-state index is 0.308. The average Bonchev–Trinajstić information content (AvgIpc) is 2.09. The van der Waals surface area contributed by atoms with Crippen molar-refractivity contribution >= 4 is 23.5 Å². The average molecular weight is 208 g/mol. The van der Waals surface area contributed by atoms with E-state index in [2.05, 4.69) is 0 Å². The van der Waals surface area contributed by atoms with Gasteiger partial charge in [-0.2, -0.15) is 23.5 Å². The molecule has 0 aromatic heterocycles. The molecule has 0 aromatic carbocycles. The Morgan fingerprint density at radius 1 is 0.917 bits per heavy atom. The molecule has 2 N–H and O–H groups in total. The molecule has 72 valence electrons. The van der Waals surface area contributed by atoms with Crippen molar-refractivity contribution in [2.45, 2.75) is 23.3 Å². The highest BCUT2D eigenvalue weighted by molar-refractivity contribution is 8.07. The van der Waals surface area contributed by atoms with Gasteiger partial charge in [-0.1, -0.05) is 0 Å². The third-order valence-electron chi connectivity index (χ3n) is 1.94. The molecule has 0 bridgehead atoms. The van der Waals surface area contributed by atoms with Gasteiger partial charge >= 0.3 is 0 Å². The second-order valence-corrected chi connectivity index (χ2v) is 5.60. The maximum absolute atomic E-state index is 8.73. The van der Waals surface area contributed by atoms with Gasteiger partial charge in [0.25, 0.3) is 0 Å². The molecule has 2 unspecified atom stereocenters. The first-order chi connectivity index (χ1) is 5.86. The first-order valence-electron chi connectivity index (χ1n) is 4.31. The van der Waals surface area contributed by atoms with Crippen LogP contribution < -0.4 is 0 Å². The molecule has 0 aliphatic carbocycles. The Morgan fingerprint density at radius 2 is 1.33 bits per heavy atom. The molecule has 1 aliphatic rings. The SMILES string of the molecule is OCCC1CSC(CCO)CS1. The van der Waals surface area contributed by atoms with E-state index < -0.39 is 0 Å². The molecule has 0 amide bonds. The molecular formula is C8H16O2S2. The van der Waals surface area contributed by atoms with Crippen LogP contribution in [0.25, 0.3) is 0 Å². The highest BCUT2D eigenvalue weighted by Crippen LogP contribution is 2.32. The van der Waals surface area contributed by atoms with E-state index in [0.717, 1.165) is 24.3 Å². The molecule has 1 heterocycles. The zero-order valence-electron chi connectivity index (χ0n) is 7.11. The van der Waals surface area contributed by atoms with Crippen LogP contribution in [0.3, 0.4) is 0 Å². The summed E-state index contributed by atoms with van der Waals surface area (Å²) in [6.07, 6.45) is 1.84. The Bertz CT molecular complexity index is 99.6. The molecule has 0 spiro atoms. The Labute approximate surface area is 82.1 Å². The lowest BCUT2D eigenvalue weighted by molar-refractivity contribution is 0.286. The van der Waals surface area contributed by atoms with Crippen LogP contribution in [-0.4, -0.2) is 45.4 Å². The highest BCUT2D eigenvalue weighted by Gasteiger charge is 2.20. The molecule has 0 radical (unpaired) electrons. The van der Waals surface area contributed by atoms with E-state index in [9.17, 15) is 0 Å². The van der Waals surface area contributed by atoms with Crippen LogP contribution in [0.2, 0.25) is 0 Å². The lowest BCUT2D eigenvalue weighted by atomic mass is 10.3. The van der Waals surface area contributed by atoms with Gasteiger partial charge in [-0.25, -0.2) is 0 Å². The molecule has 0 saturated carbocycles. The van der Waals surface area contributed by atoms with Crippen LogP contribution in [0.4, 0.5) is 0 Å². The minimum Gasteiger partial charge on any atom is -0.396 e. The van der Waals surface area contributed by atoms with Gasteiger partial charge in [-0.15, -0.1) is 0 Å². The summed E-state index contributed by atoms with van der Waals surface area (Å²) in [7, 11) is 0. The largest absolute Gasteiger partial charge is 0.396 e. The highest BCUT2D eigenvalue weighted by atomic mass is 32.2. The fourth-order valence-electron chi connectivity index (χ4n) is 1.20. The number of thioether (sulfide) groups is 2. The first kappa shape index (κ1) is 10.7. The zero-order chi connectivity index (χ0) is 8.81. The monoisotopic (exact) mass is 208 g/mol. The second-order valence-electron chi connectivity index (χ2n) is 2.94. The summed E-state index contributed by atoms with van der Waals surface area (Å²) in [6.45, 7) is 0.617. The summed E-state index contributed by atoms with van der Waals surface area (Å²) in [5, 5.41) is 18.7. The van der Waals surface area contributed by atoms with Gasteiger partial charge in [-0.3, -0.25) is 0 Å². The van der Waals surface area contributed by atoms with Crippen LogP contribution in [0.15, 0.2) is 0 Å². The van der Waals surface area contributed by atoms with Gasteiger partial charge in [0.15, 0.2) is 0 Å². The predicted octanol–water partition coefficient (Wildman–Crippen LogP) is 0.968. The van der Waals surface area contributed by atoms with Gasteiger partial charge in [0, 0.05) is 35.2 Å². The van der Waals surface area contributed by atoms with E-state index in [1.807, 2.05) is 23.5 Å². The molecule has 1 aliphatic heterocycles. The van der Waals surface area contributed by atoms with Gasteiger partial charge in [0.05, 0.1) is 0 Å². The summed E-state index contributed by atoms with van der Waals surface area (Å²) >= 11 is 3.89. The minimum atomic E-state index is 0.308. The molecule has 4 heteroatoms. The molecule has 0 aromatic rings. The summed E-state index contributed by atoms with van der Waals surface area (Å²) in [5.41, 5.74) is 0.